The molecule has 3 nitrogen and oxygen atoms in total. The third kappa shape index (κ3) is 4.89. The van der Waals surface area contributed by atoms with E-state index in [2.05, 4.69) is 0 Å². The van der Waals surface area contributed by atoms with Crippen LogP contribution in [0.2, 0.25) is 0 Å². The molecule has 18 heavy (non-hydrogen) atoms. The average Bonchev–Trinajstić information content (AvgIpc) is 2.32. The largest absolute Gasteiger partial charge is 0.383 e. The summed E-state index contributed by atoms with van der Waals surface area (Å²) in [5.74, 6) is -1.73. The standard InChI is InChI=1S/C13H17F2NO2/c1-16(5-6-18-2)4-3-13(17)10-7-11(14)9-12(15)8-10/h7-9H,3-6H2,1-2H3. The van der Waals surface area contributed by atoms with Crippen LogP contribution in [-0.2, 0) is 4.74 Å². The Morgan fingerprint density at radius 2 is 1.83 bits per heavy atom. The van der Waals surface area contributed by atoms with Crippen molar-refractivity contribution in [2.75, 3.05) is 33.9 Å². The van der Waals surface area contributed by atoms with Crippen LogP contribution >= 0.6 is 0 Å². The van der Waals surface area contributed by atoms with E-state index in [9.17, 15) is 13.6 Å². The maximum absolute atomic E-state index is 12.9. The zero-order valence-corrected chi connectivity index (χ0v) is 10.6. The van der Waals surface area contributed by atoms with Crippen molar-refractivity contribution in [1.82, 2.24) is 4.90 Å². The van der Waals surface area contributed by atoms with Crippen molar-refractivity contribution in [3.8, 4) is 0 Å². The fourth-order valence-electron chi connectivity index (χ4n) is 1.51. The summed E-state index contributed by atoms with van der Waals surface area (Å²) in [6, 6.07) is 2.86. The molecule has 0 radical (unpaired) electrons. The van der Waals surface area contributed by atoms with E-state index in [-0.39, 0.29) is 17.8 Å². The highest BCUT2D eigenvalue weighted by Gasteiger charge is 2.10. The fraction of sp³-hybridized carbons (Fsp3) is 0.462. The Morgan fingerprint density at radius 1 is 1.22 bits per heavy atom. The van der Waals surface area contributed by atoms with Crippen molar-refractivity contribution in [2.24, 2.45) is 0 Å². The zero-order valence-electron chi connectivity index (χ0n) is 10.6. The van der Waals surface area contributed by atoms with Gasteiger partial charge in [0.2, 0.25) is 0 Å². The number of benzene rings is 1. The van der Waals surface area contributed by atoms with Gasteiger partial charge in [-0.05, 0) is 19.2 Å². The third-order valence-corrected chi connectivity index (χ3v) is 2.58. The molecule has 0 fully saturated rings. The van der Waals surface area contributed by atoms with Gasteiger partial charge in [-0.2, -0.15) is 0 Å². The zero-order chi connectivity index (χ0) is 13.5. The highest BCUT2D eigenvalue weighted by Crippen LogP contribution is 2.10. The quantitative estimate of drug-likeness (QED) is 0.701. The molecule has 0 atom stereocenters. The van der Waals surface area contributed by atoms with E-state index >= 15 is 0 Å². The molecule has 5 heteroatoms. The number of ether oxygens (including phenoxy) is 1. The van der Waals surface area contributed by atoms with Gasteiger partial charge in [-0.3, -0.25) is 4.79 Å². The minimum atomic E-state index is -0.730. The molecule has 0 saturated heterocycles. The number of halogens is 2. The monoisotopic (exact) mass is 257 g/mol. The van der Waals surface area contributed by atoms with Crippen LogP contribution in [0.25, 0.3) is 0 Å². The van der Waals surface area contributed by atoms with E-state index in [1.165, 1.54) is 0 Å². The molecule has 0 amide bonds. The molecule has 100 valence electrons. The van der Waals surface area contributed by atoms with E-state index in [1.54, 1.807) is 7.11 Å². The summed E-state index contributed by atoms with van der Waals surface area (Å²) < 4.78 is 30.8. The van der Waals surface area contributed by atoms with Gasteiger partial charge in [-0.25, -0.2) is 8.78 Å². The van der Waals surface area contributed by atoms with Crippen molar-refractivity contribution in [3.05, 3.63) is 35.4 Å². The Balaban J connectivity index is 2.50. The molecule has 0 N–H and O–H groups in total. The molecule has 0 spiro atoms. The second kappa shape index (κ2) is 7.18. The first-order chi connectivity index (χ1) is 8.52. The lowest BCUT2D eigenvalue weighted by Crippen LogP contribution is -2.25. The minimum absolute atomic E-state index is 0.0765. The molecule has 1 aromatic carbocycles. The Labute approximate surface area is 105 Å². The Kier molecular flexibility index (Phi) is 5.88. The van der Waals surface area contributed by atoms with Gasteiger partial charge in [-0.15, -0.1) is 0 Å². The second-order valence-electron chi connectivity index (χ2n) is 4.13. The molecule has 0 aliphatic rings. The Bertz CT molecular complexity index is 390. The van der Waals surface area contributed by atoms with Gasteiger partial charge in [0.15, 0.2) is 5.78 Å². The summed E-state index contributed by atoms with van der Waals surface area (Å²) in [7, 11) is 3.47. The van der Waals surface area contributed by atoms with Crippen LogP contribution in [0.5, 0.6) is 0 Å². The molecular formula is C13H17F2NO2. The van der Waals surface area contributed by atoms with Crippen LogP contribution in [0.1, 0.15) is 16.8 Å². The molecular weight excluding hydrogens is 240 g/mol. The fourth-order valence-corrected chi connectivity index (χ4v) is 1.51. The van der Waals surface area contributed by atoms with Gasteiger partial charge >= 0.3 is 0 Å². The van der Waals surface area contributed by atoms with Gasteiger partial charge in [-0.1, -0.05) is 0 Å². The van der Waals surface area contributed by atoms with Crippen LogP contribution < -0.4 is 0 Å². The summed E-state index contributed by atoms with van der Waals surface area (Å²) >= 11 is 0. The summed E-state index contributed by atoms with van der Waals surface area (Å²) in [5.41, 5.74) is 0.0765. The molecule has 0 aliphatic carbocycles. The van der Waals surface area contributed by atoms with E-state index in [0.29, 0.717) is 19.7 Å². The van der Waals surface area contributed by atoms with Crippen molar-refractivity contribution >= 4 is 5.78 Å². The van der Waals surface area contributed by atoms with E-state index in [1.807, 2.05) is 11.9 Å². The van der Waals surface area contributed by atoms with Gasteiger partial charge in [0.05, 0.1) is 6.61 Å². The van der Waals surface area contributed by atoms with Crippen LogP contribution in [-0.4, -0.2) is 44.5 Å². The normalized spacial score (nSPS) is 10.9. The van der Waals surface area contributed by atoms with Crippen molar-refractivity contribution in [1.29, 1.82) is 0 Å². The number of Topliss-reactive ketones (excluding diaryl/α,β-unsaturated/α-hetero) is 1. The number of ketones is 1. The highest BCUT2D eigenvalue weighted by atomic mass is 19.1. The van der Waals surface area contributed by atoms with E-state index < -0.39 is 11.6 Å². The number of carbonyl (C=O) groups excluding carboxylic acids is 1. The summed E-state index contributed by atoms with van der Waals surface area (Å²) in [6.45, 7) is 1.82. The predicted octanol–water partition coefficient (Wildman–Crippen LogP) is 2.12. The van der Waals surface area contributed by atoms with Crippen molar-refractivity contribution in [2.45, 2.75) is 6.42 Å². The van der Waals surface area contributed by atoms with Gasteiger partial charge in [0.1, 0.15) is 11.6 Å². The average molecular weight is 257 g/mol. The molecule has 0 heterocycles. The molecule has 1 rings (SSSR count). The molecule has 0 bridgehead atoms. The second-order valence-corrected chi connectivity index (χ2v) is 4.13. The molecule has 0 saturated carbocycles. The maximum Gasteiger partial charge on any atom is 0.164 e. The lowest BCUT2D eigenvalue weighted by molar-refractivity contribution is 0.0959. The highest BCUT2D eigenvalue weighted by molar-refractivity contribution is 5.96. The van der Waals surface area contributed by atoms with Gasteiger partial charge in [0.25, 0.3) is 0 Å². The van der Waals surface area contributed by atoms with Crippen LogP contribution in [0, 0.1) is 11.6 Å². The number of rotatable bonds is 7. The number of carbonyl (C=O) groups is 1. The summed E-state index contributed by atoms with van der Waals surface area (Å²) in [6.07, 6.45) is 0.225. The first-order valence-corrected chi connectivity index (χ1v) is 5.69. The SMILES string of the molecule is COCCN(C)CCC(=O)c1cc(F)cc(F)c1. The summed E-state index contributed by atoms with van der Waals surface area (Å²) in [5, 5.41) is 0. The first kappa shape index (κ1) is 14.7. The number of hydrogen-bond donors (Lipinski definition) is 0. The smallest absolute Gasteiger partial charge is 0.164 e. The summed E-state index contributed by atoms with van der Waals surface area (Å²) in [4.78, 5) is 13.7. The van der Waals surface area contributed by atoms with Gasteiger partial charge in [0, 0.05) is 38.2 Å². The number of likely N-dealkylation sites (N-methyl/N-ethyl adjacent to an activating group) is 1. The molecule has 0 aromatic heterocycles. The molecule has 0 unspecified atom stereocenters. The minimum Gasteiger partial charge on any atom is -0.383 e. The number of methoxy groups -OCH3 is 1. The maximum atomic E-state index is 12.9. The topological polar surface area (TPSA) is 29.5 Å². The van der Waals surface area contributed by atoms with Crippen molar-refractivity contribution in [3.63, 3.8) is 0 Å². The number of nitrogens with zero attached hydrogens (tertiary/aromatic N) is 1. The first-order valence-electron chi connectivity index (χ1n) is 5.69. The van der Waals surface area contributed by atoms with Crippen LogP contribution in [0.3, 0.4) is 0 Å². The number of hydrogen-bond acceptors (Lipinski definition) is 3. The van der Waals surface area contributed by atoms with E-state index in [0.717, 1.165) is 18.2 Å². The Hall–Kier alpha value is -1.33. The molecule has 1 aromatic rings. The van der Waals surface area contributed by atoms with Gasteiger partial charge < -0.3 is 9.64 Å². The third-order valence-electron chi connectivity index (χ3n) is 2.58. The lowest BCUT2D eigenvalue weighted by Gasteiger charge is -2.15. The van der Waals surface area contributed by atoms with E-state index in [4.69, 9.17) is 4.74 Å². The van der Waals surface area contributed by atoms with Crippen molar-refractivity contribution < 1.29 is 18.3 Å². The van der Waals surface area contributed by atoms with Crippen LogP contribution in [0.4, 0.5) is 8.78 Å². The van der Waals surface area contributed by atoms with Crippen LogP contribution in [0.15, 0.2) is 18.2 Å². The lowest BCUT2D eigenvalue weighted by atomic mass is 10.1. The Morgan fingerprint density at radius 3 is 2.39 bits per heavy atom. The predicted molar refractivity (Wildman–Crippen MR) is 64.7 cm³/mol. The molecule has 0 aliphatic heterocycles.